The lowest BCUT2D eigenvalue weighted by molar-refractivity contribution is -0.130. The highest BCUT2D eigenvalue weighted by Crippen LogP contribution is 2.35. The standard InChI is InChI=1S/C22H21N5O4S/c1-2-9-26-21(29)23-24-22(26)32-13-20(28)27-16(18-8-5-10-30-18)12-15(25-27)19-11-14-6-3-4-7-17(14)31-19/h3-8,10-11,16H,2,9,12-13H2,1H3,(H,23,29)/t16-/m0/s1. The number of fused-ring (bicyclic) bond motifs is 1. The maximum atomic E-state index is 13.1. The number of rotatable bonds is 7. The number of benzene rings is 1. The number of para-hydroxylation sites is 1. The first kappa shape index (κ1) is 20.4. The van der Waals surface area contributed by atoms with Gasteiger partial charge >= 0.3 is 5.69 Å². The van der Waals surface area contributed by atoms with E-state index in [0.29, 0.717) is 35.4 Å². The number of aromatic nitrogens is 3. The Labute approximate surface area is 187 Å². The minimum atomic E-state index is -0.363. The number of hydrazone groups is 1. The second kappa shape index (κ2) is 8.54. The van der Waals surface area contributed by atoms with E-state index in [1.54, 1.807) is 12.3 Å². The average Bonchev–Trinajstić information content (AvgIpc) is 3.58. The molecule has 10 heteroatoms. The van der Waals surface area contributed by atoms with E-state index < -0.39 is 0 Å². The first-order valence-electron chi connectivity index (χ1n) is 10.3. The van der Waals surface area contributed by atoms with Gasteiger partial charge in [0.2, 0.25) is 0 Å². The van der Waals surface area contributed by atoms with E-state index in [-0.39, 0.29) is 23.4 Å². The summed E-state index contributed by atoms with van der Waals surface area (Å²) in [4.78, 5) is 25.1. The normalized spacial score (nSPS) is 16.1. The van der Waals surface area contributed by atoms with Crippen molar-refractivity contribution in [3.05, 3.63) is 70.7 Å². The fourth-order valence-electron chi connectivity index (χ4n) is 3.74. The highest BCUT2D eigenvalue weighted by atomic mass is 32.2. The molecular weight excluding hydrogens is 430 g/mol. The van der Waals surface area contributed by atoms with Crippen molar-refractivity contribution < 1.29 is 13.6 Å². The summed E-state index contributed by atoms with van der Waals surface area (Å²) in [6, 6.07) is 12.9. The smallest absolute Gasteiger partial charge is 0.343 e. The molecule has 0 saturated heterocycles. The van der Waals surface area contributed by atoms with Gasteiger partial charge in [-0.05, 0) is 30.7 Å². The van der Waals surface area contributed by atoms with Crippen LogP contribution >= 0.6 is 11.8 Å². The number of H-pyrrole nitrogens is 1. The number of nitrogens with one attached hydrogen (secondary N) is 1. The largest absolute Gasteiger partial charge is 0.467 e. The Morgan fingerprint density at radius 2 is 2.16 bits per heavy atom. The van der Waals surface area contributed by atoms with E-state index in [0.717, 1.165) is 17.4 Å². The molecule has 0 saturated carbocycles. The summed E-state index contributed by atoms with van der Waals surface area (Å²) in [5.74, 6) is 1.17. The molecule has 0 unspecified atom stereocenters. The van der Waals surface area contributed by atoms with Crippen LogP contribution in [0.2, 0.25) is 0 Å². The van der Waals surface area contributed by atoms with Crippen LogP contribution in [0.1, 0.15) is 37.3 Å². The molecule has 1 amide bonds. The summed E-state index contributed by atoms with van der Waals surface area (Å²) in [6.45, 7) is 2.52. The van der Waals surface area contributed by atoms with Gasteiger partial charge in [-0.25, -0.2) is 14.9 Å². The Bertz CT molecular complexity index is 1300. The molecule has 4 heterocycles. The Kier molecular flexibility index (Phi) is 5.44. The fourth-order valence-corrected chi connectivity index (χ4v) is 4.57. The molecule has 1 aliphatic heterocycles. The van der Waals surface area contributed by atoms with Crippen molar-refractivity contribution in [2.45, 2.75) is 37.5 Å². The van der Waals surface area contributed by atoms with E-state index in [1.165, 1.54) is 21.3 Å². The third-order valence-electron chi connectivity index (χ3n) is 5.24. The summed E-state index contributed by atoms with van der Waals surface area (Å²) < 4.78 is 13.1. The van der Waals surface area contributed by atoms with Crippen molar-refractivity contribution in [3.63, 3.8) is 0 Å². The highest BCUT2D eigenvalue weighted by Gasteiger charge is 2.36. The van der Waals surface area contributed by atoms with Gasteiger partial charge in [-0.3, -0.25) is 9.36 Å². The zero-order valence-corrected chi connectivity index (χ0v) is 18.2. The van der Waals surface area contributed by atoms with Crippen LogP contribution in [0.5, 0.6) is 0 Å². The van der Waals surface area contributed by atoms with Gasteiger partial charge in [0.15, 0.2) is 10.9 Å². The third-order valence-corrected chi connectivity index (χ3v) is 6.20. The summed E-state index contributed by atoms with van der Waals surface area (Å²) in [5, 5.41) is 14.0. The Balaban J connectivity index is 1.40. The van der Waals surface area contributed by atoms with Crippen molar-refractivity contribution in [1.29, 1.82) is 0 Å². The van der Waals surface area contributed by atoms with Crippen LogP contribution in [-0.4, -0.2) is 37.1 Å². The van der Waals surface area contributed by atoms with Gasteiger partial charge in [0.1, 0.15) is 23.1 Å². The quantitative estimate of drug-likeness (QED) is 0.428. The maximum Gasteiger partial charge on any atom is 0.343 e. The maximum absolute atomic E-state index is 13.1. The molecule has 32 heavy (non-hydrogen) atoms. The molecular formula is C22H21N5O4S. The molecule has 0 spiro atoms. The minimum absolute atomic E-state index is 0.0854. The minimum Gasteiger partial charge on any atom is -0.467 e. The van der Waals surface area contributed by atoms with Crippen LogP contribution in [0.4, 0.5) is 0 Å². The van der Waals surface area contributed by atoms with Crippen LogP contribution < -0.4 is 5.69 Å². The van der Waals surface area contributed by atoms with Crippen LogP contribution in [0, 0.1) is 0 Å². The number of carbonyl (C=O) groups is 1. The molecule has 1 N–H and O–H groups in total. The summed E-state index contributed by atoms with van der Waals surface area (Å²) >= 11 is 1.21. The number of thioether (sulfide) groups is 1. The Hall–Kier alpha value is -3.53. The first-order chi connectivity index (χ1) is 15.6. The van der Waals surface area contributed by atoms with E-state index in [1.807, 2.05) is 43.3 Å². The van der Waals surface area contributed by atoms with Crippen LogP contribution in [0.25, 0.3) is 11.0 Å². The molecule has 164 valence electrons. The molecule has 1 aliphatic rings. The van der Waals surface area contributed by atoms with Crippen LogP contribution in [0.3, 0.4) is 0 Å². The fraction of sp³-hybridized carbons (Fsp3) is 0.273. The lowest BCUT2D eigenvalue weighted by atomic mass is 10.1. The number of nitrogens with zero attached hydrogens (tertiary/aromatic N) is 4. The number of furan rings is 2. The number of carbonyl (C=O) groups excluding carboxylic acids is 1. The van der Waals surface area contributed by atoms with Crippen molar-refractivity contribution in [2.24, 2.45) is 5.10 Å². The van der Waals surface area contributed by atoms with Gasteiger partial charge in [-0.1, -0.05) is 36.9 Å². The number of aromatic amines is 1. The van der Waals surface area contributed by atoms with E-state index >= 15 is 0 Å². The van der Waals surface area contributed by atoms with Gasteiger partial charge < -0.3 is 8.83 Å². The van der Waals surface area contributed by atoms with Crippen LogP contribution in [0.15, 0.2) is 72.6 Å². The molecule has 9 nitrogen and oxygen atoms in total. The Morgan fingerprint density at radius 1 is 1.28 bits per heavy atom. The van der Waals surface area contributed by atoms with Crippen molar-refractivity contribution >= 4 is 34.3 Å². The lowest BCUT2D eigenvalue weighted by Crippen LogP contribution is -2.28. The number of amides is 1. The average molecular weight is 452 g/mol. The molecule has 4 aromatic rings. The summed E-state index contributed by atoms with van der Waals surface area (Å²) in [5.41, 5.74) is 1.18. The predicted octanol–water partition coefficient (Wildman–Crippen LogP) is 3.79. The molecule has 0 aliphatic carbocycles. The lowest BCUT2D eigenvalue weighted by Gasteiger charge is -2.19. The van der Waals surface area contributed by atoms with Crippen LogP contribution in [-0.2, 0) is 11.3 Å². The van der Waals surface area contributed by atoms with Gasteiger partial charge in [-0.2, -0.15) is 5.10 Å². The van der Waals surface area contributed by atoms with Gasteiger partial charge in [-0.15, -0.1) is 5.10 Å². The summed E-state index contributed by atoms with van der Waals surface area (Å²) in [6.07, 6.45) is 2.85. The van der Waals surface area contributed by atoms with Gasteiger partial charge in [0.05, 0.1) is 12.0 Å². The zero-order chi connectivity index (χ0) is 22.1. The van der Waals surface area contributed by atoms with E-state index in [2.05, 4.69) is 15.3 Å². The molecule has 0 radical (unpaired) electrons. The number of hydrogen-bond donors (Lipinski definition) is 1. The predicted molar refractivity (Wildman–Crippen MR) is 120 cm³/mol. The van der Waals surface area contributed by atoms with Crippen molar-refractivity contribution in [3.8, 4) is 0 Å². The molecule has 5 rings (SSSR count). The van der Waals surface area contributed by atoms with E-state index in [9.17, 15) is 9.59 Å². The Morgan fingerprint density at radius 3 is 2.94 bits per heavy atom. The second-order valence-electron chi connectivity index (χ2n) is 7.42. The number of hydrogen-bond acceptors (Lipinski definition) is 7. The molecule has 3 aromatic heterocycles. The SMILES string of the molecule is CCCn1c(SCC(=O)N2N=C(c3cc4ccccc4o3)C[C@H]2c2ccco2)n[nH]c1=O. The third kappa shape index (κ3) is 3.77. The van der Waals surface area contributed by atoms with Gasteiger partial charge in [0.25, 0.3) is 5.91 Å². The molecule has 0 fully saturated rings. The first-order valence-corrected chi connectivity index (χ1v) is 11.3. The summed E-state index contributed by atoms with van der Waals surface area (Å²) in [7, 11) is 0. The van der Waals surface area contributed by atoms with E-state index in [4.69, 9.17) is 8.83 Å². The monoisotopic (exact) mass is 451 g/mol. The second-order valence-corrected chi connectivity index (χ2v) is 8.36. The molecule has 1 aromatic carbocycles. The van der Waals surface area contributed by atoms with Crippen molar-refractivity contribution in [1.82, 2.24) is 19.8 Å². The highest BCUT2D eigenvalue weighted by molar-refractivity contribution is 7.99. The van der Waals surface area contributed by atoms with Gasteiger partial charge in [0, 0.05) is 18.4 Å². The molecule has 0 bridgehead atoms. The topological polar surface area (TPSA) is 110 Å². The van der Waals surface area contributed by atoms with Crippen molar-refractivity contribution in [2.75, 3.05) is 5.75 Å². The molecule has 1 atom stereocenters. The zero-order valence-electron chi connectivity index (χ0n) is 17.4.